The molecule has 2 aromatic carbocycles. The van der Waals surface area contributed by atoms with E-state index in [2.05, 4.69) is 27.7 Å². The summed E-state index contributed by atoms with van der Waals surface area (Å²) in [6, 6.07) is 10.0. The first-order chi connectivity index (χ1) is 16.5. The van der Waals surface area contributed by atoms with Crippen molar-refractivity contribution >= 4 is 57.9 Å². The van der Waals surface area contributed by atoms with Crippen LogP contribution in [0.5, 0.6) is 11.5 Å². The van der Waals surface area contributed by atoms with Crippen LogP contribution < -0.4 is 14.4 Å². The van der Waals surface area contributed by atoms with Crippen molar-refractivity contribution in [1.29, 1.82) is 0 Å². The van der Waals surface area contributed by atoms with Gasteiger partial charge in [0, 0.05) is 43.0 Å². The third-order valence-electron chi connectivity index (χ3n) is 4.91. The van der Waals surface area contributed by atoms with Gasteiger partial charge in [0.05, 0.1) is 12.1 Å². The Morgan fingerprint density at radius 2 is 1.71 bits per heavy atom. The molecule has 10 nitrogen and oxygen atoms in total. The largest absolute Gasteiger partial charge is 0.448 e. The second-order valence-corrected chi connectivity index (χ2v) is 8.99. The summed E-state index contributed by atoms with van der Waals surface area (Å²) in [5.74, 6) is -1.58. The lowest BCUT2D eigenvalue weighted by Gasteiger charge is -2.28. The van der Waals surface area contributed by atoms with Crippen LogP contribution in [-0.4, -0.2) is 47.4 Å². The number of aryl methyl sites for hydroxylation is 1. The average molecular weight is 593 g/mol. The van der Waals surface area contributed by atoms with E-state index in [1.54, 1.807) is 0 Å². The fourth-order valence-corrected chi connectivity index (χ4v) is 4.14. The molecule has 0 aromatic heterocycles. The Morgan fingerprint density at radius 3 is 2.29 bits per heavy atom. The molecule has 0 saturated heterocycles. The van der Waals surface area contributed by atoms with E-state index in [4.69, 9.17) is 14.2 Å². The number of hydrogen-bond acceptors (Lipinski definition) is 8. The van der Waals surface area contributed by atoms with E-state index in [0.717, 1.165) is 14.1 Å². The van der Waals surface area contributed by atoms with Gasteiger partial charge in [-0.3, -0.25) is 19.2 Å². The van der Waals surface area contributed by atoms with Crippen molar-refractivity contribution in [2.24, 2.45) is 5.10 Å². The van der Waals surface area contributed by atoms with Crippen molar-refractivity contribution in [2.75, 3.05) is 11.4 Å². The van der Waals surface area contributed by atoms with Gasteiger partial charge in [-0.25, -0.2) is 0 Å². The first-order valence-electron chi connectivity index (χ1n) is 10.6. The summed E-state index contributed by atoms with van der Waals surface area (Å²) < 4.78 is 17.3. The van der Waals surface area contributed by atoms with Crippen LogP contribution in [0, 0.1) is 10.5 Å². The smallest absolute Gasteiger partial charge is 0.308 e. The van der Waals surface area contributed by atoms with Crippen LogP contribution in [-0.2, 0) is 23.9 Å². The molecular formula is C24H24IN3O7. The van der Waals surface area contributed by atoms with Crippen LogP contribution in [0.1, 0.15) is 38.8 Å². The Morgan fingerprint density at radius 1 is 1.03 bits per heavy atom. The number of nitrogens with zero attached hydrogens (tertiary/aromatic N) is 3. The second-order valence-electron chi connectivity index (χ2n) is 7.75. The Bertz CT molecular complexity index is 1230. The fourth-order valence-electron chi connectivity index (χ4n) is 3.49. The second kappa shape index (κ2) is 10.8. The summed E-state index contributed by atoms with van der Waals surface area (Å²) in [4.78, 5) is 49.4. The minimum Gasteiger partial charge on any atom is -0.448 e. The highest BCUT2D eigenvalue weighted by atomic mass is 127. The molecule has 1 aliphatic rings. The molecule has 0 unspecified atom stereocenters. The molecule has 0 fully saturated rings. The van der Waals surface area contributed by atoms with E-state index < -0.39 is 24.1 Å². The molecular weight excluding hydrogens is 569 g/mol. The molecule has 184 valence electrons. The third kappa shape index (κ3) is 6.35. The molecule has 11 heteroatoms. The van der Waals surface area contributed by atoms with Crippen LogP contribution in [0.4, 0.5) is 5.69 Å². The van der Waals surface area contributed by atoms with Gasteiger partial charge in [0.2, 0.25) is 23.9 Å². The van der Waals surface area contributed by atoms with Gasteiger partial charge in [-0.2, -0.15) is 5.01 Å². The summed E-state index contributed by atoms with van der Waals surface area (Å²) in [5.41, 5.74) is 1.84. The molecule has 0 aliphatic carbocycles. The topological polar surface area (TPSA) is 115 Å². The Balaban J connectivity index is 1.95. The van der Waals surface area contributed by atoms with Gasteiger partial charge < -0.3 is 19.1 Å². The number of benzene rings is 2. The zero-order valence-electron chi connectivity index (χ0n) is 19.8. The van der Waals surface area contributed by atoms with E-state index >= 15 is 0 Å². The number of hydrogen-bond donors (Lipinski definition) is 0. The third-order valence-corrected chi connectivity index (χ3v) is 5.58. The van der Waals surface area contributed by atoms with E-state index in [9.17, 15) is 19.2 Å². The quantitative estimate of drug-likeness (QED) is 0.287. The van der Waals surface area contributed by atoms with Crippen LogP contribution in [0.15, 0.2) is 41.5 Å². The molecule has 3 rings (SSSR count). The molecule has 2 aromatic rings. The first-order valence-corrected chi connectivity index (χ1v) is 11.6. The van der Waals surface area contributed by atoms with Crippen molar-refractivity contribution in [3.63, 3.8) is 0 Å². The summed E-state index contributed by atoms with van der Waals surface area (Å²) in [7, 11) is 0. The number of halogens is 1. The lowest BCUT2D eigenvalue weighted by Crippen LogP contribution is -2.44. The van der Waals surface area contributed by atoms with Crippen LogP contribution in [0.2, 0.25) is 0 Å². The molecule has 1 aliphatic heterocycles. The van der Waals surface area contributed by atoms with Gasteiger partial charge in [-0.1, -0.05) is 0 Å². The number of amides is 2. The van der Waals surface area contributed by atoms with E-state index in [1.165, 1.54) is 50.8 Å². The predicted molar refractivity (Wildman–Crippen MR) is 135 cm³/mol. The lowest BCUT2D eigenvalue weighted by molar-refractivity contribution is -0.135. The fraction of sp³-hybridized carbons (Fsp3) is 0.292. The zero-order chi connectivity index (χ0) is 25.9. The highest BCUT2D eigenvalue weighted by molar-refractivity contribution is 14.1. The van der Waals surface area contributed by atoms with Crippen molar-refractivity contribution in [3.05, 3.63) is 51.1 Å². The van der Waals surface area contributed by atoms with Gasteiger partial charge in [0.1, 0.15) is 11.5 Å². The van der Waals surface area contributed by atoms with Crippen molar-refractivity contribution in [3.8, 4) is 11.5 Å². The number of hydrazone groups is 1. The highest BCUT2D eigenvalue weighted by Gasteiger charge is 2.35. The van der Waals surface area contributed by atoms with E-state index in [-0.39, 0.29) is 35.4 Å². The van der Waals surface area contributed by atoms with Crippen LogP contribution in [0.3, 0.4) is 0 Å². The van der Waals surface area contributed by atoms with Gasteiger partial charge in [-0.05, 0) is 65.4 Å². The number of carbonyl (C=O) groups excluding carboxylic acids is 4. The van der Waals surface area contributed by atoms with Gasteiger partial charge in [-0.15, -0.1) is 5.10 Å². The Hall–Kier alpha value is -3.48. The zero-order valence-corrected chi connectivity index (χ0v) is 22.0. The van der Waals surface area contributed by atoms with E-state index in [0.29, 0.717) is 5.69 Å². The van der Waals surface area contributed by atoms with Gasteiger partial charge in [0.15, 0.2) is 0 Å². The lowest BCUT2D eigenvalue weighted by atomic mass is 10.1. The minimum atomic E-state index is -0.927. The first kappa shape index (κ1) is 26.1. The molecule has 0 bridgehead atoms. The SMILES string of the molecule is CC(=O)Oc1ccc(C2=NN(C(C)=O)[C@@H](CN(C(C)=O)c3ccc(I)cc3C)O2)c(OC(C)=O)c1. The van der Waals surface area contributed by atoms with Crippen LogP contribution >= 0.6 is 22.6 Å². The van der Waals surface area contributed by atoms with E-state index in [1.807, 2.05) is 25.1 Å². The molecule has 1 atom stereocenters. The monoisotopic (exact) mass is 593 g/mol. The van der Waals surface area contributed by atoms with Crippen LogP contribution in [0.25, 0.3) is 0 Å². The highest BCUT2D eigenvalue weighted by Crippen LogP contribution is 2.31. The summed E-state index contributed by atoms with van der Waals surface area (Å²) in [6.07, 6.45) is -0.927. The number of ether oxygens (including phenoxy) is 3. The molecule has 2 amide bonds. The molecule has 1 heterocycles. The molecule has 0 saturated carbocycles. The number of carbonyl (C=O) groups is 4. The molecule has 0 spiro atoms. The number of rotatable bonds is 6. The number of anilines is 1. The summed E-state index contributed by atoms with van der Waals surface area (Å²) in [6.45, 7) is 7.13. The minimum absolute atomic E-state index is 0.0117. The Labute approximate surface area is 215 Å². The molecule has 0 radical (unpaired) electrons. The van der Waals surface area contributed by atoms with Gasteiger partial charge >= 0.3 is 11.9 Å². The maximum Gasteiger partial charge on any atom is 0.308 e. The van der Waals surface area contributed by atoms with Crippen molar-refractivity contribution < 1.29 is 33.4 Å². The predicted octanol–water partition coefficient (Wildman–Crippen LogP) is 3.37. The maximum absolute atomic E-state index is 12.5. The van der Waals surface area contributed by atoms with Crippen molar-refractivity contribution in [2.45, 2.75) is 40.8 Å². The molecule has 35 heavy (non-hydrogen) atoms. The normalized spacial score (nSPS) is 14.6. The molecule has 0 N–H and O–H groups in total. The summed E-state index contributed by atoms with van der Waals surface area (Å²) >= 11 is 2.19. The standard InChI is InChI=1S/C24H24IN3O7/c1-13-10-18(25)6-9-21(13)27(14(2)29)12-23-28(15(3)30)26-24(35-23)20-8-7-19(33-16(4)31)11-22(20)34-17(5)32/h6-11,23H,12H2,1-5H3/t23-/m1/s1. The summed E-state index contributed by atoms with van der Waals surface area (Å²) in [5, 5.41) is 5.41. The average Bonchev–Trinajstić information content (AvgIpc) is 3.15. The Kier molecular flexibility index (Phi) is 8.10. The maximum atomic E-state index is 12.5. The number of esters is 2. The van der Waals surface area contributed by atoms with Gasteiger partial charge in [0.25, 0.3) is 0 Å². The van der Waals surface area contributed by atoms with Crippen molar-refractivity contribution in [1.82, 2.24) is 5.01 Å².